The van der Waals surface area contributed by atoms with Gasteiger partial charge in [0.1, 0.15) is 0 Å². The maximum atomic E-state index is 11.8. The van der Waals surface area contributed by atoms with E-state index in [4.69, 9.17) is 0 Å². The number of amides is 1. The fourth-order valence-corrected chi connectivity index (χ4v) is 2.83. The number of benzene rings is 1. The number of thioether (sulfide) groups is 1. The summed E-state index contributed by atoms with van der Waals surface area (Å²) in [5, 5.41) is 6.63. The molecule has 2 N–H and O–H groups in total. The lowest BCUT2D eigenvalue weighted by molar-refractivity contribution is 0.0960. The molecule has 0 aliphatic heterocycles. The average molecular weight is 291 g/mol. The van der Waals surface area contributed by atoms with Crippen molar-refractivity contribution in [3.63, 3.8) is 0 Å². The molecular weight excluding hydrogens is 270 g/mol. The van der Waals surface area contributed by atoms with Gasteiger partial charge in [-0.15, -0.1) is 11.8 Å². The van der Waals surface area contributed by atoms with Crippen molar-refractivity contribution < 1.29 is 4.79 Å². The second-order valence-corrected chi connectivity index (χ2v) is 5.90. The van der Waals surface area contributed by atoms with Crippen LogP contribution in [-0.4, -0.2) is 24.9 Å². The molecule has 0 fully saturated rings. The Bertz CT molecular complexity index is 488. The smallest absolute Gasteiger partial charge is 0.252 e. The van der Waals surface area contributed by atoms with Crippen molar-refractivity contribution in [2.75, 3.05) is 7.05 Å². The summed E-state index contributed by atoms with van der Waals surface area (Å²) in [6.45, 7) is 9.37. The summed E-state index contributed by atoms with van der Waals surface area (Å²) in [5.74, 6) is -0.0535. The van der Waals surface area contributed by atoms with Crippen LogP contribution in [0.4, 0.5) is 0 Å². The summed E-state index contributed by atoms with van der Waals surface area (Å²) < 4.78 is 0. The number of carbonyl (C=O) groups is 1. The van der Waals surface area contributed by atoms with Gasteiger partial charge in [0.15, 0.2) is 0 Å². The summed E-state index contributed by atoms with van der Waals surface area (Å²) >= 11 is 1.70. The Balaban J connectivity index is 2.61. The number of hydrogen-bond donors (Lipinski definition) is 2. The molecule has 0 bridgehead atoms. The third-order valence-corrected chi connectivity index (χ3v) is 4.02. The topological polar surface area (TPSA) is 53.5 Å². The van der Waals surface area contributed by atoms with E-state index in [1.165, 1.54) is 0 Å². The molecular formula is C15H21N3OS. The lowest BCUT2D eigenvalue weighted by atomic mass is 10.2. The van der Waals surface area contributed by atoms with Gasteiger partial charge in [0.2, 0.25) is 0 Å². The maximum absolute atomic E-state index is 11.8. The van der Waals surface area contributed by atoms with Crippen LogP contribution in [0.5, 0.6) is 0 Å². The molecule has 0 saturated heterocycles. The molecule has 0 radical (unpaired) electrons. The molecule has 0 aromatic heterocycles. The van der Waals surface area contributed by atoms with E-state index in [-0.39, 0.29) is 5.91 Å². The predicted molar refractivity (Wildman–Crippen MR) is 86.2 cm³/mol. The zero-order chi connectivity index (χ0) is 15.0. The standard InChI is InChI=1S/C15H21N3OS/c1-11(18-17-4)9-10-12(2)20-14-8-6-5-7-13(14)15(19)16-3/h5-8,12,18H,1,4,9-10H2,2-3H3,(H,16,19). The quantitative estimate of drug-likeness (QED) is 0.440. The van der Waals surface area contributed by atoms with Gasteiger partial charge in [0.25, 0.3) is 5.91 Å². The summed E-state index contributed by atoms with van der Waals surface area (Å²) in [7, 11) is 1.64. The third kappa shape index (κ3) is 5.09. The van der Waals surface area contributed by atoms with Crippen LogP contribution in [0, 0.1) is 0 Å². The first-order valence-corrected chi connectivity index (χ1v) is 7.33. The average Bonchev–Trinajstić information content (AvgIpc) is 2.45. The predicted octanol–water partition coefficient (Wildman–Crippen LogP) is 3.03. The largest absolute Gasteiger partial charge is 0.355 e. The van der Waals surface area contributed by atoms with Crippen LogP contribution in [0.3, 0.4) is 0 Å². The number of nitrogens with zero attached hydrogens (tertiary/aromatic N) is 1. The van der Waals surface area contributed by atoms with Crippen molar-refractivity contribution in [1.29, 1.82) is 0 Å². The maximum Gasteiger partial charge on any atom is 0.252 e. The molecule has 1 aromatic rings. The highest BCUT2D eigenvalue weighted by molar-refractivity contribution is 8.00. The van der Waals surface area contributed by atoms with Gasteiger partial charge >= 0.3 is 0 Å². The number of nitrogens with one attached hydrogen (secondary N) is 2. The van der Waals surface area contributed by atoms with E-state index >= 15 is 0 Å². The summed E-state index contributed by atoms with van der Waals surface area (Å²) in [5.41, 5.74) is 4.32. The van der Waals surface area contributed by atoms with Gasteiger partial charge in [0, 0.05) is 29.6 Å². The van der Waals surface area contributed by atoms with Gasteiger partial charge in [-0.05, 0) is 25.0 Å². The zero-order valence-electron chi connectivity index (χ0n) is 12.0. The summed E-state index contributed by atoms with van der Waals surface area (Å²) in [6.07, 6.45) is 1.78. The Kier molecular flexibility index (Phi) is 6.87. The fourth-order valence-electron chi connectivity index (χ4n) is 1.71. The van der Waals surface area contributed by atoms with Crippen LogP contribution in [-0.2, 0) is 0 Å². The second kappa shape index (κ2) is 8.43. The van der Waals surface area contributed by atoms with Crippen molar-refractivity contribution in [2.45, 2.75) is 29.9 Å². The molecule has 20 heavy (non-hydrogen) atoms. The van der Waals surface area contributed by atoms with Crippen LogP contribution in [0.25, 0.3) is 0 Å². The first-order valence-electron chi connectivity index (χ1n) is 6.45. The molecule has 1 rings (SSSR count). The van der Waals surface area contributed by atoms with Crippen molar-refractivity contribution in [3.05, 3.63) is 42.1 Å². The number of hydrogen-bond acceptors (Lipinski definition) is 4. The van der Waals surface area contributed by atoms with E-state index in [1.54, 1.807) is 18.8 Å². The summed E-state index contributed by atoms with van der Waals surface area (Å²) in [4.78, 5) is 12.8. The Morgan fingerprint density at radius 3 is 2.80 bits per heavy atom. The van der Waals surface area contributed by atoms with E-state index in [2.05, 4.69) is 36.1 Å². The van der Waals surface area contributed by atoms with E-state index in [9.17, 15) is 4.79 Å². The lowest BCUT2D eigenvalue weighted by Crippen LogP contribution is -2.18. The van der Waals surface area contributed by atoms with Crippen LogP contribution in [0.2, 0.25) is 0 Å². The number of rotatable bonds is 8. The first-order chi connectivity index (χ1) is 9.58. The van der Waals surface area contributed by atoms with Gasteiger partial charge in [0.05, 0.1) is 5.56 Å². The Labute approximate surface area is 124 Å². The van der Waals surface area contributed by atoms with Crippen LogP contribution in [0.15, 0.2) is 46.5 Å². The van der Waals surface area contributed by atoms with Crippen molar-refractivity contribution in [3.8, 4) is 0 Å². The van der Waals surface area contributed by atoms with Gasteiger partial charge in [-0.25, -0.2) is 0 Å². The van der Waals surface area contributed by atoms with Crippen molar-refractivity contribution in [1.82, 2.24) is 10.7 Å². The normalized spacial score (nSPS) is 11.5. The number of hydrazone groups is 1. The minimum Gasteiger partial charge on any atom is -0.355 e. The highest BCUT2D eigenvalue weighted by Crippen LogP contribution is 2.29. The number of allylic oxidation sites excluding steroid dienone is 1. The Morgan fingerprint density at radius 1 is 1.45 bits per heavy atom. The molecule has 0 aliphatic rings. The van der Waals surface area contributed by atoms with Gasteiger partial charge in [-0.2, -0.15) is 5.10 Å². The second-order valence-electron chi connectivity index (χ2n) is 4.42. The molecule has 108 valence electrons. The third-order valence-electron chi connectivity index (χ3n) is 2.78. The zero-order valence-corrected chi connectivity index (χ0v) is 12.8. The molecule has 0 saturated carbocycles. The molecule has 1 atom stereocenters. The molecule has 0 spiro atoms. The molecule has 0 aliphatic carbocycles. The lowest BCUT2D eigenvalue weighted by Gasteiger charge is -2.14. The molecule has 1 amide bonds. The highest BCUT2D eigenvalue weighted by atomic mass is 32.2. The van der Waals surface area contributed by atoms with E-state index < -0.39 is 0 Å². The molecule has 4 nitrogen and oxygen atoms in total. The highest BCUT2D eigenvalue weighted by Gasteiger charge is 2.12. The molecule has 1 unspecified atom stereocenters. The minimum atomic E-state index is -0.0535. The monoisotopic (exact) mass is 291 g/mol. The van der Waals surface area contributed by atoms with Gasteiger partial charge in [-0.3, -0.25) is 10.2 Å². The van der Waals surface area contributed by atoms with Crippen molar-refractivity contribution in [2.24, 2.45) is 5.10 Å². The van der Waals surface area contributed by atoms with Crippen molar-refractivity contribution >= 4 is 24.4 Å². The van der Waals surface area contributed by atoms with E-state index in [0.29, 0.717) is 5.25 Å². The fraction of sp³-hybridized carbons (Fsp3) is 0.333. The minimum absolute atomic E-state index is 0.0535. The van der Waals surface area contributed by atoms with Crippen LogP contribution < -0.4 is 10.7 Å². The Morgan fingerprint density at radius 2 is 2.15 bits per heavy atom. The SMILES string of the molecule is C=NNC(=C)CCC(C)Sc1ccccc1C(=O)NC. The first kappa shape index (κ1) is 16.3. The molecule has 0 heterocycles. The van der Waals surface area contributed by atoms with Gasteiger partial charge in [-0.1, -0.05) is 25.6 Å². The molecule has 5 heteroatoms. The van der Waals surface area contributed by atoms with Gasteiger partial charge < -0.3 is 5.32 Å². The van der Waals surface area contributed by atoms with E-state index in [1.807, 2.05) is 24.3 Å². The van der Waals surface area contributed by atoms with Crippen LogP contribution >= 0.6 is 11.8 Å². The number of carbonyl (C=O) groups excluding carboxylic acids is 1. The van der Waals surface area contributed by atoms with Crippen LogP contribution in [0.1, 0.15) is 30.1 Å². The Hall–Kier alpha value is -1.75. The van der Waals surface area contributed by atoms with E-state index in [0.717, 1.165) is 29.0 Å². The molecule has 1 aromatic carbocycles. The summed E-state index contributed by atoms with van der Waals surface area (Å²) in [6, 6.07) is 7.64.